The summed E-state index contributed by atoms with van der Waals surface area (Å²) in [6.45, 7) is 9.69. The maximum Gasteiger partial charge on any atom is 0.264 e. The van der Waals surface area contributed by atoms with E-state index >= 15 is 0 Å². The predicted molar refractivity (Wildman–Crippen MR) is 111 cm³/mol. The van der Waals surface area contributed by atoms with Gasteiger partial charge >= 0.3 is 0 Å². The van der Waals surface area contributed by atoms with Crippen molar-refractivity contribution >= 4 is 16.8 Å². The monoisotopic (exact) mass is 395 g/mol. The Hall–Kier alpha value is -3.29. The first kappa shape index (κ1) is 20.4. The van der Waals surface area contributed by atoms with Crippen LogP contribution in [0.5, 0.6) is 0 Å². The summed E-state index contributed by atoms with van der Waals surface area (Å²) in [7, 11) is 0. The zero-order chi connectivity index (χ0) is 21.3. The Morgan fingerprint density at radius 2 is 1.76 bits per heavy atom. The van der Waals surface area contributed by atoms with E-state index < -0.39 is 11.5 Å². The molecule has 0 fully saturated rings. The van der Waals surface area contributed by atoms with Gasteiger partial charge in [-0.05, 0) is 26.0 Å². The second-order valence-electron chi connectivity index (χ2n) is 7.97. The van der Waals surface area contributed by atoms with Crippen molar-refractivity contribution in [3.8, 4) is 0 Å². The highest BCUT2D eigenvalue weighted by atomic mass is 16.2. The molecule has 0 aliphatic carbocycles. The van der Waals surface area contributed by atoms with Crippen molar-refractivity contribution < 1.29 is 4.79 Å². The molecule has 0 unspecified atom stereocenters. The van der Waals surface area contributed by atoms with Gasteiger partial charge in [-0.2, -0.15) is 0 Å². The largest absolute Gasteiger partial charge is 0.331 e. The van der Waals surface area contributed by atoms with Crippen LogP contribution in [-0.2, 0) is 12.0 Å². The third-order valence-corrected chi connectivity index (χ3v) is 4.70. The Balaban J connectivity index is 1.96. The number of nitrogens with zero attached hydrogens (tertiary/aromatic N) is 3. The lowest BCUT2D eigenvalue weighted by Gasteiger charge is -2.22. The van der Waals surface area contributed by atoms with E-state index in [0.717, 1.165) is 0 Å². The first-order valence-corrected chi connectivity index (χ1v) is 9.50. The Labute approximate surface area is 168 Å². The molecule has 2 heterocycles. The number of aromatic nitrogens is 4. The van der Waals surface area contributed by atoms with E-state index in [2.05, 4.69) is 19.9 Å². The molecule has 2 aromatic heterocycles. The van der Waals surface area contributed by atoms with Crippen molar-refractivity contribution in [2.45, 2.75) is 46.6 Å². The van der Waals surface area contributed by atoms with Crippen LogP contribution < -0.4 is 11.1 Å². The van der Waals surface area contributed by atoms with Crippen molar-refractivity contribution in [2.75, 3.05) is 6.54 Å². The Bertz CT molecular complexity index is 1190. The summed E-state index contributed by atoms with van der Waals surface area (Å²) in [5.74, 6) is 0.437. The van der Waals surface area contributed by atoms with Crippen LogP contribution in [0.2, 0.25) is 0 Å². The summed E-state index contributed by atoms with van der Waals surface area (Å²) in [5.41, 5.74) is -0.139. The molecule has 29 heavy (non-hydrogen) atoms. The molecule has 3 rings (SSSR count). The topological polar surface area (TPSA) is 112 Å². The normalized spacial score (nSPS) is 11.6. The molecular formula is C21H25N5O3. The molecule has 0 saturated carbocycles. The Morgan fingerprint density at radius 1 is 1.07 bits per heavy atom. The highest BCUT2D eigenvalue weighted by Crippen LogP contribution is 2.18. The van der Waals surface area contributed by atoms with Crippen LogP contribution in [0.15, 0.2) is 33.9 Å². The summed E-state index contributed by atoms with van der Waals surface area (Å²) >= 11 is 0. The molecule has 2 N–H and O–H groups in total. The lowest BCUT2D eigenvalue weighted by molar-refractivity contribution is 0.0745. The molecule has 0 spiro atoms. The number of aryl methyl sites for hydroxylation is 1. The van der Waals surface area contributed by atoms with Gasteiger partial charge in [0.2, 0.25) is 0 Å². The number of H-pyrrole nitrogens is 2. The zero-order valence-corrected chi connectivity index (χ0v) is 17.3. The van der Waals surface area contributed by atoms with Crippen LogP contribution in [-0.4, -0.2) is 37.3 Å². The van der Waals surface area contributed by atoms with Crippen molar-refractivity contribution in [3.05, 3.63) is 67.9 Å². The predicted octanol–water partition coefficient (Wildman–Crippen LogP) is 2.27. The van der Waals surface area contributed by atoms with Crippen LogP contribution in [0.1, 0.15) is 55.4 Å². The van der Waals surface area contributed by atoms with Gasteiger partial charge in [0.1, 0.15) is 17.2 Å². The standard InChI is InChI=1S/C21H25N5O3/c1-6-26(11-15-23-14-10-8-7-9-13(14)17(27)24-15)19(29)16-12(2)22-20(21(3,4)5)25-18(16)28/h7-10H,6,11H2,1-5H3,(H,22,25,28)(H,23,24,27). The molecule has 0 aliphatic rings. The number of fused-ring (bicyclic) bond motifs is 1. The number of nitrogens with one attached hydrogen (secondary N) is 2. The van der Waals surface area contributed by atoms with Gasteiger partial charge in [0.15, 0.2) is 0 Å². The van der Waals surface area contributed by atoms with Gasteiger partial charge in [-0.1, -0.05) is 32.9 Å². The molecule has 152 valence electrons. The van der Waals surface area contributed by atoms with Crippen molar-refractivity contribution in [1.29, 1.82) is 0 Å². The fraction of sp³-hybridized carbons (Fsp3) is 0.381. The second-order valence-corrected chi connectivity index (χ2v) is 7.97. The number of para-hydroxylation sites is 1. The number of hydrogen-bond donors (Lipinski definition) is 2. The summed E-state index contributed by atoms with van der Waals surface area (Å²) in [5, 5.41) is 0.486. The van der Waals surface area contributed by atoms with Crippen LogP contribution in [0.3, 0.4) is 0 Å². The summed E-state index contributed by atoms with van der Waals surface area (Å²) in [6.07, 6.45) is 0. The second kappa shape index (κ2) is 7.62. The maximum absolute atomic E-state index is 13.1. The fourth-order valence-electron chi connectivity index (χ4n) is 3.07. The van der Waals surface area contributed by atoms with Gasteiger partial charge < -0.3 is 14.9 Å². The Morgan fingerprint density at radius 3 is 2.38 bits per heavy atom. The van der Waals surface area contributed by atoms with E-state index in [-0.39, 0.29) is 23.1 Å². The first-order chi connectivity index (χ1) is 13.6. The molecule has 0 saturated heterocycles. The number of carbonyl (C=O) groups is 1. The summed E-state index contributed by atoms with van der Waals surface area (Å²) in [6, 6.07) is 7.01. The van der Waals surface area contributed by atoms with E-state index in [1.54, 1.807) is 38.1 Å². The van der Waals surface area contributed by atoms with Crippen molar-refractivity contribution in [3.63, 3.8) is 0 Å². The average molecular weight is 395 g/mol. The lowest BCUT2D eigenvalue weighted by Crippen LogP contribution is -2.37. The molecule has 0 atom stereocenters. The number of benzene rings is 1. The molecular weight excluding hydrogens is 370 g/mol. The van der Waals surface area contributed by atoms with Gasteiger partial charge in [0.05, 0.1) is 23.1 Å². The van der Waals surface area contributed by atoms with Crippen LogP contribution >= 0.6 is 0 Å². The smallest absolute Gasteiger partial charge is 0.264 e. The molecule has 1 amide bonds. The molecule has 1 aromatic carbocycles. The van der Waals surface area contributed by atoms with E-state index in [9.17, 15) is 14.4 Å². The molecule has 0 radical (unpaired) electrons. The van der Waals surface area contributed by atoms with Crippen molar-refractivity contribution in [2.24, 2.45) is 0 Å². The van der Waals surface area contributed by atoms with E-state index in [4.69, 9.17) is 0 Å². The number of amides is 1. The molecule has 3 aromatic rings. The average Bonchev–Trinajstić information content (AvgIpc) is 2.64. The van der Waals surface area contributed by atoms with Gasteiger partial charge in [-0.25, -0.2) is 9.97 Å². The third kappa shape index (κ3) is 4.11. The number of rotatable bonds is 4. The zero-order valence-electron chi connectivity index (χ0n) is 17.3. The fourth-order valence-corrected chi connectivity index (χ4v) is 3.07. The summed E-state index contributed by atoms with van der Waals surface area (Å²) in [4.78, 5) is 53.8. The van der Waals surface area contributed by atoms with Crippen LogP contribution in [0, 0.1) is 6.92 Å². The van der Waals surface area contributed by atoms with Crippen LogP contribution in [0.25, 0.3) is 10.9 Å². The lowest BCUT2D eigenvalue weighted by atomic mass is 9.95. The quantitative estimate of drug-likeness (QED) is 0.704. The van der Waals surface area contributed by atoms with Gasteiger partial charge in [0.25, 0.3) is 17.0 Å². The Kier molecular flexibility index (Phi) is 5.37. The van der Waals surface area contributed by atoms with Gasteiger partial charge in [-0.15, -0.1) is 0 Å². The highest BCUT2D eigenvalue weighted by molar-refractivity contribution is 5.94. The van der Waals surface area contributed by atoms with Crippen molar-refractivity contribution in [1.82, 2.24) is 24.8 Å². The maximum atomic E-state index is 13.1. The molecule has 8 nitrogen and oxygen atoms in total. The summed E-state index contributed by atoms with van der Waals surface area (Å²) < 4.78 is 0. The van der Waals surface area contributed by atoms with Crippen LogP contribution in [0.4, 0.5) is 0 Å². The first-order valence-electron chi connectivity index (χ1n) is 9.50. The van der Waals surface area contributed by atoms with Gasteiger partial charge in [-0.3, -0.25) is 14.4 Å². The minimum Gasteiger partial charge on any atom is -0.331 e. The molecule has 8 heteroatoms. The minimum absolute atomic E-state index is 0.00276. The number of carbonyl (C=O) groups excluding carboxylic acids is 1. The van der Waals surface area contributed by atoms with E-state index in [1.165, 1.54) is 4.90 Å². The van der Waals surface area contributed by atoms with E-state index in [0.29, 0.717) is 34.8 Å². The molecule has 0 bridgehead atoms. The van der Waals surface area contributed by atoms with Gasteiger partial charge in [0, 0.05) is 12.0 Å². The SMILES string of the molecule is CCN(Cc1nc2ccccc2c(=O)[nH]1)C(=O)c1c(C)nc(C(C)(C)C)[nH]c1=O. The number of hydrogen-bond acceptors (Lipinski definition) is 5. The van der Waals surface area contributed by atoms with E-state index in [1.807, 2.05) is 20.8 Å². The molecule has 0 aliphatic heterocycles. The number of aromatic amines is 2. The highest BCUT2D eigenvalue weighted by Gasteiger charge is 2.25. The minimum atomic E-state index is -0.467. The third-order valence-electron chi connectivity index (χ3n) is 4.70.